The van der Waals surface area contributed by atoms with Gasteiger partial charge in [0.05, 0.1) is 5.56 Å². The number of carbonyl (C=O) groups excluding carboxylic acids is 2. The Morgan fingerprint density at radius 3 is 2.09 bits per heavy atom. The van der Waals surface area contributed by atoms with E-state index >= 15 is 0 Å². The van der Waals surface area contributed by atoms with Crippen molar-refractivity contribution in [1.82, 2.24) is 0 Å². The monoisotopic (exact) mass is 459 g/mol. The van der Waals surface area contributed by atoms with E-state index in [0.29, 0.717) is 17.5 Å². The molecule has 0 amide bonds. The van der Waals surface area contributed by atoms with Gasteiger partial charge in [0.15, 0.2) is 0 Å². The molecule has 0 aliphatic heterocycles. The van der Waals surface area contributed by atoms with E-state index < -0.39 is 5.97 Å². The van der Waals surface area contributed by atoms with Crippen LogP contribution in [0.15, 0.2) is 93.8 Å². The van der Waals surface area contributed by atoms with Crippen LogP contribution < -0.4 is 0 Å². The number of Topliss-reactive ketones (excluding diaryl/α,β-unsaturated/α-hetero) is 1. The highest BCUT2D eigenvalue weighted by Gasteiger charge is 2.17. The average Bonchev–Trinajstić information content (AvgIpc) is 2.84. The fourth-order valence-electron chi connectivity index (χ4n) is 3.22. The molecule has 4 nitrogen and oxygen atoms in total. The van der Waals surface area contributed by atoms with Crippen LogP contribution in [0.2, 0.25) is 0 Å². The summed E-state index contributed by atoms with van der Waals surface area (Å²) in [6.45, 7) is 4.09. The van der Waals surface area contributed by atoms with Crippen molar-refractivity contribution in [3.8, 4) is 0 Å². The molecule has 0 radical (unpaired) electrons. The van der Waals surface area contributed by atoms with Crippen molar-refractivity contribution < 1.29 is 14.4 Å². The van der Waals surface area contributed by atoms with Gasteiger partial charge in [0.1, 0.15) is 5.71 Å². The molecule has 0 saturated carbocycles. The molecule has 0 N–H and O–H groups in total. The topological polar surface area (TPSA) is 55.7 Å². The maximum atomic E-state index is 13.1. The number of nitrogens with zero attached hydrogens (tertiary/aromatic N) is 1. The number of benzene rings is 3. The zero-order valence-corrected chi connectivity index (χ0v) is 19.9. The van der Waals surface area contributed by atoms with Crippen LogP contribution >= 0.6 is 11.8 Å². The summed E-state index contributed by atoms with van der Waals surface area (Å²) in [6, 6.07) is 24.6. The van der Waals surface area contributed by atoms with Gasteiger partial charge in [0.25, 0.3) is 0 Å². The summed E-state index contributed by atoms with van der Waals surface area (Å²) >= 11 is 1.64. The maximum Gasteiger partial charge on any atom is 0.365 e. The molecule has 5 heteroatoms. The zero-order valence-electron chi connectivity index (χ0n) is 19.1. The molecule has 3 rings (SSSR count). The summed E-state index contributed by atoms with van der Waals surface area (Å²) in [6.07, 6.45) is 4.49. The van der Waals surface area contributed by atoms with Crippen LogP contribution in [0, 0.1) is 6.92 Å². The van der Waals surface area contributed by atoms with Gasteiger partial charge in [-0.15, -0.1) is 0 Å². The quantitative estimate of drug-likeness (QED) is 0.0978. The summed E-state index contributed by atoms with van der Waals surface area (Å²) in [5.74, 6) is -0.775. The molecule has 0 aliphatic carbocycles. The highest BCUT2D eigenvalue weighted by atomic mass is 32.2. The zero-order chi connectivity index (χ0) is 23.5. The molecule has 0 heterocycles. The Kier molecular flexibility index (Phi) is 9.45. The minimum atomic E-state index is -0.566. The van der Waals surface area contributed by atoms with Crippen LogP contribution in [0.4, 0.5) is 0 Å². The second-order valence-electron chi connectivity index (χ2n) is 7.86. The van der Waals surface area contributed by atoms with Gasteiger partial charge in [-0.25, -0.2) is 4.79 Å². The van der Waals surface area contributed by atoms with Crippen LogP contribution in [-0.4, -0.2) is 17.5 Å². The molecule has 0 unspecified atom stereocenters. The largest absolute Gasteiger partial charge is 0.365 e. The van der Waals surface area contributed by atoms with E-state index in [1.54, 1.807) is 36.0 Å². The fraction of sp³-hybridized carbons (Fsp3) is 0.250. The minimum absolute atomic E-state index is 0.209. The third kappa shape index (κ3) is 7.72. The number of oxime groups is 1. The van der Waals surface area contributed by atoms with Crippen molar-refractivity contribution in [3.63, 3.8) is 0 Å². The molecule has 0 aliphatic rings. The number of rotatable bonds is 11. The number of hydrogen-bond donors (Lipinski definition) is 0. The predicted octanol–water partition coefficient (Wildman–Crippen LogP) is 7.51. The fourth-order valence-corrected chi connectivity index (χ4v) is 4.06. The third-order valence-corrected chi connectivity index (χ3v) is 6.17. The van der Waals surface area contributed by atoms with Gasteiger partial charge in [0.2, 0.25) is 5.78 Å². The number of hydrogen-bond acceptors (Lipinski definition) is 5. The standard InChI is InChI=1S/C28H29NO3S/c1-3-4-5-9-12-26(29-32-28(31)23-15-13-21(2)14-16-23)27(30)22-17-19-25(20-18-22)33-24-10-7-6-8-11-24/h6-8,10-11,13-20H,3-5,9,12H2,1-2H3/b29-26+. The third-order valence-electron chi connectivity index (χ3n) is 5.15. The number of aryl methyl sites for hydroxylation is 1. The smallest absolute Gasteiger partial charge is 0.312 e. The molecule has 0 saturated heterocycles. The van der Waals surface area contributed by atoms with Crippen molar-refractivity contribution >= 4 is 29.2 Å². The lowest BCUT2D eigenvalue weighted by atomic mass is 10.0. The molecule has 33 heavy (non-hydrogen) atoms. The Hall–Kier alpha value is -3.18. The molecule has 0 bridgehead atoms. The van der Waals surface area contributed by atoms with Gasteiger partial charge < -0.3 is 4.84 Å². The van der Waals surface area contributed by atoms with Gasteiger partial charge in [0, 0.05) is 15.4 Å². The lowest BCUT2D eigenvalue weighted by molar-refractivity contribution is 0.0514. The van der Waals surface area contributed by atoms with Crippen molar-refractivity contribution in [2.75, 3.05) is 0 Å². The maximum absolute atomic E-state index is 13.1. The van der Waals surface area contributed by atoms with Crippen molar-refractivity contribution in [2.24, 2.45) is 5.16 Å². The molecular formula is C28H29NO3S. The summed E-state index contributed by atoms with van der Waals surface area (Å²) in [5, 5.41) is 4.00. The Morgan fingerprint density at radius 2 is 1.42 bits per heavy atom. The van der Waals surface area contributed by atoms with Crippen molar-refractivity contribution in [3.05, 3.63) is 95.6 Å². The summed E-state index contributed by atoms with van der Waals surface area (Å²) < 4.78 is 0. The van der Waals surface area contributed by atoms with Gasteiger partial charge in [-0.2, -0.15) is 0 Å². The molecule has 0 atom stereocenters. The molecular weight excluding hydrogens is 430 g/mol. The average molecular weight is 460 g/mol. The van der Waals surface area contributed by atoms with Crippen LogP contribution in [0.1, 0.15) is 65.3 Å². The Morgan fingerprint density at radius 1 is 0.788 bits per heavy atom. The van der Waals surface area contributed by atoms with Crippen molar-refractivity contribution in [2.45, 2.75) is 55.7 Å². The first kappa shape index (κ1) is 24.5. The van der Waals surface area contributed by atoms with E-state index in [1.165, 1.54) is 0 Å². The first-order valence-corrected chi connectivity index (χ1v) is 12.1. The molecule has 3 aromatic carbocycles. The van der Waals surface area contributed by atoms with E-state index in [-0.39, 0.29) is 11.5 Å². The van der Waals surface area contributed by atoms with E-state index in [4.69, 9.17) is 4.84 Å². The van der Waals surface area contributed by atoms with Crippen LogP contribution in [0.5, 0.6) is 0 Å². The summed E-state index contributed by atoms with van der Waals surface area (Å²) in [5.41, 5.74) is 2.27. The van der Waals surface area contributed by atoms with Gasteiger partial charge >= 0.3 is 5.97 Å². The Bertz CT molecular complexity index is 1070. The van der Waals surface area contributed by atoms with Crippen LogP contribution in [-0.2, 0) is 4.84 Å². The Labute approximate surface area is 200 Å². The van der Waals surface area contributed by atoms with E-state index in [2.05, 4.69) is 12.1 Å². The molecule has 3 aromatic rings. The first-order valence-electron chi connectivity index (χ1n) is 11.3. The predicted molar refractivity (Wildman–Crippen MR) is 134 cm³/mol. The van der Waals surface area contributed by atoms with Gasteiger partial charge in [-0.3, -0.25) is 4.79 Å². The number of ketones is 1. The summed E-state index contributed by atoms with van der Waals surface area (Å²) in [4.78, 5) is 32.9. The lowest BCUT2D eigenvalue weighted by Gasteiger charge is -2.07. The first-order chi connectivity index (χ1) is 16.1. The van der Waals surface area contributed by atoms with E-state index in [9.17, 15) is 9.59 Å². The van der Waals surface area contributed by atoms with Crippen LogP contribution in [0.3, 0.4) is 0 Å². The second-order valence-corrected chi connectivity index (χ2v) is 9.01. The molecule has 0 spiro atoms. The van der Waals surface area contributed by atoms with Gasteiger partial charge in [-0.05, 0) is 68.3 Å². The van der Waals surface area contributed by atoms with Crippen LogP contribution in [0.25, 0.3) is 0 Å². The van der Waals surface area contributed by atoms with Crippen molar-refractivity contribution in [1.29, 1.82) is 0 Å². The Balaban J connectivity index is 1.71. The molecule has 0 aromatic heterocycles. The normalized spacial score (nSPS) is 11.3. The molecule has 170 valence electrons. The summed E-state index contributed by atoms with van der Waals surface area (Å²) in [7, 11) is 0. The number of carbonyl (C=O) groups is 2. The van der Waals surface area contributed by atoms with E-state index in [1.807, 2.05) is 61.5 Å². The minimum Gasteiger partial charge on any atom is -0.312 e. The molecule has 0 fully saturated rings. The second kappa shape index (κ2) is 12.8. The number of unbranched alkanes of at least 4 members (excludes halogenated alkanes) is 3. The van der Waals surface area contributed by atoms with E-state index in [0.717, 1.165) is 41.0 Å². The van der Waals surface area contributed by atoms with Gasteiger partial charge in [-0.1, -0.05) is 79.0 Å². The highest BCUT2D eigenvalue weighted by Crippen LogP contribution is 2.27. The SMILES string of the molecule is CCCCCC/C(=N\OC(=O)c1ccc(C)cc1)C(=O)c1ccc(Sc2ccccc2)cc1. The lowest BCUT2D eigenvalue weighted by Crippen LogP contribution is -2.16. The highest BCUT2D eigenvalue weighted by molar-refractivity contribution is 7.99.